The minimum atomic E-state index is -1.33. The number of carboxylic acids is 1. The topological polar surface area (TPSA) is 99.4 Å². The zero-order valence-electron chi connectivity index (χ0n) is 10.8. The van der Waals surface area contributed by atoms with Gasteiger partial charge in [-0.15, -0.1) is 0 Å². The lowest BCUT2D eigenvalue weighted by molar-refractivity contribution is -0.142. The number of likely N-dealkylation sites (tertiary alicyclic amines) is 1. The summed E-state index contributed by atoms with van der Waals surface area (Å²) in [7, 11) is 0. The number of carbonyl (C=O) groups is 2. The number of carbonyl (C=O) groups excluding carboxylic acids is 1. The second-order valence-corrected chi connectivity index (χ2v) is 5.21. The Morgan fingerprint density at radius 3 is 2.75 bits per heavy atom. The number of hydrogen-bond donors (Lipinski definition) is 3. The number of aliphatic carboxylic acids is 1. The Balaban J connectivity index is 1.85. The van der Waals surface area contributed by atoms with Gasteiger partial charge < -0.3 is 20.7 Å². The minimum Gasteiger partial charge on any atom is -0.480 e. The molecule has 1 aliphatic rings. The number of aromatic nitrogens is 1. The Bertz CT molecular complexity index is 661. The molecule has 2 aromatic rings. The van der Waals surface area contributed by atoms with Crippen molar-refractivity contribution in [2.75, 3.05) is 13.1 Å². The molecule has 20 heavy (non-hydrogen) atoms. The van der Waals surface area contributed by atoms with Crippen LogP contribution in [0.4, 0.5) is 0 Å². The molecule has 4 N–H and O–H groups in total. The van der Waals surface area contributed by atoms with Gasteiger partial charge in [0.2, 0.25) is 0 Å². The fourth-order valence-corrected chi connectivity index (χ4v) is 2.54. The fraction of sp³-hybridized carbons (Fsp3) is 0.286. The van der Waals surface area contributed by atoms with Crippen molar-refractivity contribution in [1.29, 1.82) is 0 Å². The zero-order chi connectivity index (χ0) is 14.3. The maximum Gasteiger partial charge on any atom is 0.325 e. The van der Waals surface area contributed by atoms with Crippen LogP contribution in [0.2, 0.25) is 0 Å². The van der Waals surface area contributed by atoms with E-state index in [0.717, 1.165) is 10.9 Å². The summed E-state index contributed by atoms with van der Waals surface area (Å²) in [6, 6.07) is 9.36. The van der Waals surface area contributed by atoms with Crippen molar-refractivity contribution in [3.63, 3.8) is 0 Å². The predicted molar refractivity (Wildman–Crippen MR) is 73.4 cm³/mol. The number of H-pyrrole nitrogens is 1. The van der Waals surface area contributed by atoms with Crippen molar-refractivity contribution in [3.8, 4) is 0 Å². The maximum atomic E-state index is 12.4. The van der Waals surface area contributed by atoms with Gasteiger partial charge in [-0.25, -0.2) is 0 Å². The van der Waals surface area contributed by atoms with E-state index >= 15 is 0 Å². The molecule has 1 aromatic carbocycles. The molecule has 1 aromatic heterocycles. The Morgan fingerprint density at radius 2 is 2.10 bits per heavy atom. The lowest BCUT2D eigenvalue weighted by Crippen LogP contribution is -2.50. The third kappa shape index (κ3) is 1.94. The van der Waals surface area contributed by atoms with Crippen LogP contribution in [0, 0.1) is 0 Å². The molecule has 1 atom stereocenters. The van der Waals surface area contributed by atoms with Gasteiger partial charge in [-0.3, -0.25) is 9.59 Å². The number of nitrogens with zero attached hydrogens (tertiary/aromatic N) is 1. The van der Waals surface area contributed by atoms with E-state index < -0.39 is 11.5 Å². The minimum absolute atomic E-state index is 0.0382. The molecule has 1 aliphatic heterocycles. The van der Waals surface area contributed by atoms with E-state index in [1.165, 1.54) is 4.90 Å². The molecule has 6 heteroatoms. The van der Waals surface area contributed by atoms with Crippen molar-refractivity contribution in [1.82, 2.24) is 9.88 Å². The highest BCUT2D eigenvalue weighted by molar-refractivity contribution is 5.98. The first-order valence-electron chi connectivity index (χ1n) is 6.39. The van der Waals surface area contributed by atoms with E-state index in [2.05, 4.69) is 4.98 Å². The largest absolute Gasteiger partial charge is 0.480 e. The number of amides is 1. The van der Waals surface area contributed by atoms with Crippen LogP contribution in [0.5, 0.6) is 0 Å². The molecule has 1 unspecified atom stereocenters. The highest BCUT2D eigenvalue weighted by atomic mass is 16.4. The fourth-order valence-electron chi connectivity index (χ4n) is 2.54. The highest BCUT2D eigenvalue weighted by Gasteiger charge is 2.43. The van der Waals surface area contributed by atoms with Gasteiger partial charge in [-0.05, 0) is 18.6 Å². The summed E-state index contributed by atoms with van der Waals surface area (Å²) in [4.78, 5) is 28.0. The van der Waals surface area contributed by atoms with Gasteiger partial charge >= 0.3 is 5.97 Å². The van der Waals surface area contributed by atoms with Crippen LogP contribution in [-0.2, 0) is 4.79 Å². The molecule has 0 spiro atoms. The average Bonchev–Trinajstić information content (AvgIpc) is 3.02. The zero-order valence-corrected chi connectivity index (χ0v) is 10.8. The van der Waals surface area contributed by atoms with E-state index in [1.54, 1.807) is 6.07 Å². The summed E-state index contributed by atoms with van der Waals surface area (Å²) in [6.45, 7) is 0.396. The Morgan fingerprint density at radius 1 is 1.35 bits per heavy atom. The summed E-state index contributed by atoms with van der Waals surface area (Å²) in [5.41, 5.74) is 5.79. The van der Waals surface area contributed by atoms with Gasteiger partial charge in [0.15, 0.2) is 0 Å². The predicted octanol–water partition coefficient (Wildman–Crippen LogP) is 0.796. The molecule has 1 saturated heterocycles. The van der Waals surface area contributed by atoms with Crippen LogP contribution in [0.25, 0.3) is 10.9 Å². The Hall–Kier alpha value is -2.34. The third-order valence-electron chi connectivity index (χ3n) is 3.77. The van der Waals surface area contributed by atoms with Crippen LogP contribution >= 0.6 is 0 Å². The highest BCUT2D eigenvalue weighted by Crippen LogP contribution is 2.22. The van der Waals surface area contributed by atoms with Crippen molar-refractivity contribution >= 4 is 22.8 Å². The van der Waals surface area contributed by atoms with Gasteiger partial charge in [-0.2, -0.15) is 0 Å². The second-order valence-electron chi connectivity index (χ2n) is 5.21. The first kappa shape index (κ1) is 12.7. The van der Waals surface area contributed by atoms with Gasteiger partial charge in [-0.1, -0.05) is 18.2 Å². The Kier molecular flexibility index (Phi) is 2.76. The van der Waals surface area contributed by atoms with Gasteiger partial charge in [0, 0.05) is 24.0 Å². The van der Waals surface area contributed by atoms with Gasteiger partial charge in [0.25, 0.3) is 5.91 Å². The van der Waals surface area contributed by atoms with Crippen LogP contribution in [0.15, 0.2) is 30.3 Å². The lowest BCUT2D eigenvalue weighted by Gasteiger charge is -2.19. The smallest absolute Gasteiger partial charge is 0.325 e. The van der Waals surface area contributed by atoms with Gasteiger partial charge in [0.05, 0.1) is 0 Å². The standard InChI is InChI=1S/C14H15N3O3/c15-14(13(19)20)5-6-17(8-14)12(18)11-7-9-3-1-2-4-10(9)16-11/h1-4,7,16H,5-6,8,15H2,(H,19,20). The number of aromatic amines is 1. The molecular formula is C14H15N3O3. The monoisotopic (exact) mass is 273 g/mol. The van der Waals surface area contributed by atoms with Crippen molar-refractivity contribution in [2.45, 2.75) is 12.0 Å². The van der Waals surface area contributed by atoms with Crippen molar-refractivity contribution in [2.24, 2.45) is 5.73 Å². The van der Waals surface area contributed by atoms with E-state index in [0.29, 0.717) is 12.2 Å². The average molecular weight is 273 g/mol. The quantitative estimate of drug-likeness (QED) is 0.753. The molecule has 2 heterocycles. The molecular weight excluding hydrogens is 258 g/mol. The molecule has 0 radical (unpaired) electrons. The number of nitrogens with one attached hydrogen (secondary N) is 1. The van der Waals surface area contributed by atoms with E-state index in [-0.39, 0.29) is 18.9 Å². The number of benzene rings is 1. The first-order chi connectivity index (χ1) is 9.49. The van der Waals surface area contributed by atoms with Crippen molar-refractivity contribution < 1.29 is 14.7 Å². The van der Waals surface area contributed by atoms with Crippen LogP contribution in [0.1, 0.15) is 16.9 Å². The molecule has 0 bridgehead atoms. The Labute approximate surface area is 115 Å². The number of para-hydroxylation sites is 1. The molecule has 1 fully saturated rings. The number of hydrogen-bond acceptors (Lipinski definition) is 3. The number of rotatable bonds is 2. The van der Waals surface area contributed by atoms with Gasteiger partial charge in [0.1, 0.15) is 11.2 Å². The number of carboxylic acid groups (broad SMARTS) is 1. The molecule has 3 rings (SSSR count). The van der Waals surface area contributed by atoms with E-state index in [4.69, 9.17) is 10.8 Å². The molecule has 6 nitrogen and oxygen atoms in total. The third-order valence-corrected chi connectivity index (χ3v) is 3.77. The van der Waals surface area contributed by atoms with Crippen LogP contribution < -0.4 is 5.73 Å². The normalized spacial score (nSPS) is 22.4. The summed E-state index contributed by atoms with van der Waals surface area (Å²) in [5.74, 6) is -1.28. The summed E-state index contributed by atoms with van der Waals surface area (Å²) >= 11 is 0. The number of fused-ring (bicyclic) bond motifs is 1. The van der Waals surface area contributed by atoms with Crippen LogP contribution in [-0.4, -0.2) is 45.5 Å². The molecule has 0 aliphatic carbocycles. The lowest BCUT2D eigenvalue weighted by atomic mass is 10.0. The maximum absolute atomic E-state index is 12.4. The molecule has 1 amide bonds. The summed E-state index contributed by atoms with van der Waals surface area (Å²) < 4.78 is 0. The molecule has 104 valence electrons. The molecule has 0 saturated carbocycles. The van der Waals surface area contributed by atoms with E-state index in [9.17, 15) is 9.59 Å². The summed E-state index contributed by atoms with van der Waals surface area (Å²) in [6.07, 6.45) is 0.272. The summed E-state index contributed by atoms with van der Waals surface area (Å²) in [5, 5.41) is 10.0. The SMILES string of the molecule is NC1(C(=O)O)CCN(C(=O)c2cc3ccccc3[nH]2)C1. The van der Waals surface area contributed by atoms with E-state index in [1.807, 2.05) is 24.3 Å². The second kappa shape index (κ2) is 4.35. The first-order valence-corrected chi connectivity index (χ1v) is 6.39. The van der Waals surface area contributed by atoms with Crippen LogP contribution in [0.3, 0.4) is 0 Å². The number of nitrogens with two attached hydrogens (primary N) is 1. The van der Waals surface area contributed by atoms with Crippen molar-refractivity contribution in [3.05, 3.63) is 36.0 Å².